The molecule has 0 spiro atoms. The molecule has 1 unspecified atom stereocenters. The van der Waals surface area contributed by atoms with Crippen LogP contribution in [0.15, 0.2) is 34.1 Å². The molecule has 108 valence electrons. The van der Waals surface area contributed by atoms with Crippen LogP contribution < -0.4 is 10.5 Å². The number of rotatable bonds is 6. The molecular weight excluding hydrogens is 358 g/mol. The molecule has 0 saturated heterocycles. The van der Waals surface area contributed by atoms with Crippen molar-refractivity contribution in [2.24, 2.45) is 5.73 Å². The van der Waals surface area contributed by atoms with Crippen molar-refractivity contribution in [1.82, 2.24) is 0 Å². The first-order valence-corrected chi connectivity index (χ1v) is 8.49. The molecule has 0 radical (unpaired) electrons. The molecule has 0 saturated carbocycles. The maximum absolute atomic E-state index is 6.26. The third-order valence-corrected chi connectivity index (χ3v) is 4.94. The molecule has 2 nitrogen and oxygen atoms in total. The number of hydrogen-bond acceptors (Lipinski definition) is 3. The summed E-state index contributed by atoms with van der Waals surface area (Å²) in [5, 5.41) is 0.640. The molecule has 0 bridgehead atoms. The standard InChI is InChI=1S/C15H17BrClNOS/c1-2-11(18)8-10-4-3-5-13(17)15(10)19-9-12-6-7-14(16)20-12/h3-7,11H,2,8-9,18H2,1H3. The Kier molecular flexibility index (Phi) is 5.90. The molecule has 0 fully saturated rings. The lowest BCUT2D eigenvalue weighted by Crippen LogP contribution is -2.21. The monoisotopic (exact) mass is 373 g/mol. The Morgan fingerprint density at radius 1 is 1.35 bits per heavy atom. The summed E-state index contributed by atoms with van der Waals surface area (Å²) in [7, 11) is 0. The van der Waals surface area contributed by atoms with Crippen LogP contribution in [-0.4, -0.2) is 6.04 Å². The van der Waals surface area contributed by atoms with Gasteiger partial charge in [-0.2, -0.15) is 0 Å². The molecule has 5 heteroatoms. The summed E-state index contributed by atoms with van der Waals surface area (Å²) in [4.78, 5) is 1.16. The van der Waals surface area contributed by atoms with Crippen molar-refractivity contribution in [3.63, 3.8) is 0 Å². The van der Waals surface area contributed by atoms with Gasteiger partial charge in [0.15, 0.2) is 0 Å². The van der Waals surface area contributed by atoms with Crippen LogP contribution in [0.1, 0.15) is 23.8 Å². The molecule has 0 aliphatic heterocycles. The lowest BCUT2D eigenvalue weighted by Gasteiger charge is -2.15. The van der Waals surface area contributed by atoms with E-state index in [-0.39, 0.29) is 6.04 Å². The van der Waals surface area contributed by atoms with Gasteiger partial charge in [-0.25, -0.2) is 0 Å². The summed E-state index contributed by atoms with van der Waals surface area (Å²) in [6, 6.07) is 10.0. The van der Waals surface area contributed by atoms with Gasteiger partial charge in [-0.1, -0.05) is 30.7 Å². The van der Waals surface area contributed by atoms with Gasteiger partial charge in [-0.15, -0.1) is 11.3 Å². The highest BCUT2D eigenvalue weighted by molar-refractivity contribution is 9.11. The van der Waals surface area contributed by atoms with E-state index < -0.39 is 0 Å². The summed E-state index contributed by atoms with van der Waals surface area (Å²) in [5.41, 5.74) is 7.10. The first-order valence-electron chi connectivity index (χ1n) is 6.50. The van der Waals surface area contributed by atoms with Gasteiger partial charge in [-0.05, 0) is 52.5 Å². The molecule has 2 rings (SSSR count). The molecule has 1 heterocycles. The summed E-state index contributed by atoms with van der Waals surface area (Å²) >= 11 is 11.4. The maximum atomic E-state index is 6.26. The minimum Gasteiger partial charge on any atom is -0.486 e. The predicted octanol–water partition coefficient (Wildman–Crippen LogP) is 5.02. The fourth-order valence-electron chi connectivity index (χ4n) is 1.88. The molecule has 1 aromatic carbocycles. The van der Waals surface area contributed by atoms with E-state index in [4.69, 9.17) is 22.1 Å². The van der Waals surface area contributed by atoms with Gasteiger partial charge < -0.3 is 10.5 Å². The first-order chi connectivity index (χ1) is 9.60. The van der Waals surface area contributed by atoms with Crippen LogP contribution in [0.2, 0.25) is 5.02 Å². The molecule has 2 N–H and O–H groups in total. The molecule has 1 atom stereocenters. The van der Waals surface area contributed by atoms with Crippen molar-refractivity contribution in [3.05, 3.63) is 49.6 Å². The quantitative estimate of drug-likeness (QED) is 0.770. The second-order valence-electron chi connectivity index (χ2n) is 4.60. The smallest absolute Gasteiger partial charge is 0.141 e. The van der Waals surface area contributed by atoms with Crippen molar-refractivity contribution in [1.29, 1.82) is 0 Å². The van der Waals surface area contributed by atoms with Gasteiger partial charge in [-0.3, -0.25) is 0 Å². The van der Waals surface area contributed by atoms with Crippen LogP contribution in [0.25, 0.3) is 0 Å². The van der Waals surface area contributed by atoms with Crippen LogP contribution in [0.5, 0.6) is 5.75 Å². The van der Waals surface area contributed by atoms with Crippen molar-refractivity contribution in [2.75, 3.05) is 0 Å². The highest BCUT2D eigenvalue weighted by Crippen LogP contribution is 2.31. The lowest BCUT2D eigenvalue weighted by molar-refractivity contribution is 0.306. The zero-order chi connectivity index (χ0) is 14.5. The predicted molar refractivity (Wildman–Crippen MR) is 89.8 cm³/mol. The van der Waals surface area contributed by atoms with E-state index in [9.17, 15) is 0 Å². The van der Waals surface area contributed by atoms with E-state index in [2.05, 4.69) is 22.9 Å². The Balaban J connectivity index is 2.12. The Labute approximate surface area is 137 Å². The fourth-order valence-corrected chi connectivity index (χ4v) is 3.52. The Hall–Kier alpha value is -0.550. The number of para-hydroxylation sites is 1. The van der Waals surface area contributed by atoms with E-state index in [0.29, 0.717) is 11.6 Å². The Bertz CT molecular complexity index is 573. The normalized spacial score (nSPS) is 12.4. The third kappa shape index (κ3) is 4.22. The second-order valence-corrected chi connectivity index (χ2v) is 7.55. The van der Waals surface area contributed by atoms with Gasteiger partial charge in [0.05, 0.1) is 8.81 Å². The topological polar surface area (TPSA) is 35.2 Å². The van der Waals surface area contributed by atoms with Gasteiger partial charge in [0.25, 0.3) is 0 Å². The zero-order valence-corrected chi connectivity index (χ0v) is 14.4. The van der Waals surface area contributed by atoms with E-state index in [1.54, 1.807) is 11.3 Å². The number of ether oxygens (including phenoxy) is 1. The SMILES string of the molecule is CCC(N)Cc1cccc(Cl)c1OCc1ccc(Br)s1. The van der Waals surface area contributed by atoms with Gasteiger partial charge in [0, 0.05) is 10.9 Å². The highest BCUT2D eigenvalue weighted by Gasteiger charge is 2.12. The molecule has 0 amide bonds. The average molecular weight is 375 g/mol. The summed E-state index contributed by atoms with van der Waals surface area (Å²) in [6.45, 7) is 2.60. The second kappa shape index (κ2) is 7.46. The number of benzene rings is 1. The minimum atomic E-state index is 0.131. The summed E-state index contributed by atoms with van der Waals surface area (Å²) < 4.78 is 7.02. The van der Waals surface area contributed by atoms with Crippen LogP contribution in [-0.2, 0) is 13.0 Å². The first kappa shape index (κ1) is 15.8. The fraction of sp³-hybridized carbons (Fsp3) is 0.333. The Morgan fingerprint density at radius 3 is 2.80 bits per heavy atom. The van der Waals surface area contributed by atoms with Crippen LogP contribution in [0.4, 0.5) is 0 Å². The molecule has 1 aromatic heterocycles. The summed E-state index contributed by atoms with van der Waals surface area (Å²) in [5.74, 6) is 0.752. The van der Waals surface area contributed by atoms with Crippen molar-refractivity contribution < 1.29 is 4.74 Å². The summed E-state index contributed by atoms with van der Waals surface area (Å²) in [6.07, 6.45) is 1.71. The number of halogens is 2. The van der Waals surface area contributed by atoms with E-state index >= 15 is 0 Å². The lowest BCUT2D eigenvalue weighted by atomic mass is 10.0. The molecular formula is C15H17BrClNOS. The van der Waals surface area contributed by atoms with Crippen molar-refractivity contribution in [2.45, 2.75) is 32.4 Å². The zero-order valence-electron chi connectivity index (χ0n) is 11.2. The Morgan fingerprint density at radius 2 is 2.15 bits per heavy atom. The average Bonchev–Trinajstić information content (AvgIpc) is 2.83. The van der Waals surface area contributed by atoms with E-state index in [0.717, 1.165) is 32.8 Å². The highest BCUT2D eigenvalue weighted by atomic mass is 79.9. The minimum absolute atomic E-state index is 0.131. The maximum Gasteiger partial charge on any atom is 0.141 e. The van der Waals surface area contributed by atoms with Gasteiger partial charge in [0.1, 0.15) is 12.4 Å². The largest absolute Gasteiger partial charge is 0.486 e. The number of thiophene rings is 1. The number of nitrogens with two attached hydrogens (primary N) is 1. The van der Waals surface area contributed by atoms with Crippen molar-refractivity contribution in [3.8, 4) is 5.75 Å². The third-order valence-electron chi connectivity index (χ3n) is 3.04. The molecule has 20 heavy (non-hydrogen) atoms. The van der Waals surface area contributed by atoms with Gasteiger partial charge >= 0.3 is 0 Å². The van der Waals surface area contributed by atoms with E-state index in [1.165, 1.54) is 0 Å². The molecule has 0 aliphatic rings. The molecule has 2 aromatic rings. The van der Waals surface area contributed by atoms with E-state index in [1.807, 2.05) is 30.3 Å². The van der Waals surface area contributed by atoms with Crippen LogP contribution in [0.3, 0.4) is 0 Å². The van der Waals surface area contributed by atoms with Gasteiger partial charge in [0.2, 0.25) is 0 Å². The molecule has 0 aliphatic carbocycles. The van der Waals surface area contributed by atoms with Crippen LogP contribution >= 0.6 is 38.9 Å². The van der Waals surface area contributed by atoms with Crippen LogP contribution in [0, 0.1) is 0 Å². The van der Waals surface area contributed by atoms with Crippen molar-refractivity contribution >= 4 is 38.9 Å². The number of hydrogen-bond donors (Lipinski definition) is 1.